The molecular weight excluding hydrogens is 286 g/mol. The van der Waals surface area contributed by atoms with E-state index in [9.17, 15) is 0 Å². The standard InChI is InChI=1S/C15H17N3S2/c1-10-4-5-11-12(8-10)20-15-13(11)14(17-9-18-15)19-7-3-2-6-16/h9-10H,2-5,7-8H2,1H3/t10-/m0/s1. The van der Waals surface area contributed by atoms with E-state index in [2.05, 4.69) is 23.0 Å². The van der Waals surface area contributed by atoms with Gasteiger partial charge in [-0.3, -0.25) is 0 Å². The summed E-state index contributed by atoms with van der Waals surface area (Å²) < 4.78 is 0. The molecule has 0 aliphatic heterocycles. The highest BCUT2D eigenvalue weighted by atomic mass is 32.2. The summed E-state index contributed by atoms with van der Waals surface area (Å²) in [5, 5.41) is 11.0. The van der Waals surface area contributed by atoms with Gasteiger partial charge in [0.25, 0.3) is 0 Å². The number of aryl methyl sites for hydroxylation is 1. The highest BCUT2D eigenvalue weighted by molar-refractivity contribution is 7.99. The Morgan fingerprint density at radius 3 is 3.25 bits per heavy atom. The molecule has 0 bridgehead atoms. The highest BCUT2D eigenvalue weighted by Crippen LogP contribution is 2.40. The van der Waals surface area contributed by atoms with Crippen LogP contribution in [0, 0.1) is 17.2 Å². The van der Waals surface area contributed by atoms with Crippen LogP contribution in [0.4, 0.5) is 0 Å². The normalized spacial score (nSPS) is 17.9. The minimum Gasteiger partial charge on any atom is -0.229 e. The number of hydrogen-bond donors (Lipinski definition) is 0. The minimum absolute atomic E-state index is 0.625. The molecule has 1 aliphatic rings. The van der Waals surface area contributed by atoms with Crippen molar-refractivity contribution in [3.63, 3.8) is 0 Å². The first-order chi connectivity index (χ1) is 9.79. The molecule has 5 heteroatoms. The molecule has 0 fully saturated rings. The van der Waals surface area contributed by atoms with E-state index in [-0.39, 0.29) is 0 Å². The lowest BCUT2D eigenvalue weighted by Crippen LogP contribution is -2.08. The van der Waals surface area contributed by atoms with E-state index in [1.165, 1.54) is 28.7 Å². The van der Waals surface area contributed by atoms with Gasteiger partial charge in [-0.25, -0.2) is 9.97 Å². The van der Waals surface area contributed by atoms with Gasteiger partial charge in [0.2, 0.25) is 0 Å². The van der Waals surface area contributed by atoms with Crippen molar-refractivity contribution in [3.8, 4) is 6.07 Å². The summed E-state index contributed by atoms with van der Waals surface area (Å²) in [6, 6.07) is 2.20. The van der Waals surface area contributed by atoms with Gasteiger partial charge in [0.05, 0.1) is 6.07 Å². The summed E-state index contributed by atoms with van der Waals surface area (Å²) in [5.74, 6) is 1.75. The van der Waals surface area contributed by atoms with Crippen molar-refractivity contribution >= 4 is 33.3 Å². The van der Waals surface area contributed by atoms with Crippen LogP contribution in [-0.2, 0) is 12.8 Å². The van der Waals surface area contributed by atoms with E-state index in [1.807, 2.05) is 11.3 Å². The quantitative estimate of drug-likeness (QED) is 0.482. The predicted octanol–water partition coefficient (Wildman–Crippen LogP) is 4.21. The molecule has 20 heavy (non-hydrogen) atoms. The third kappa shape index (κ3) is 2.68. The first-order valence-electron chi connectivity index (χ1n) is 7.04. The van der Waals surface area contributed by atoms with E-state index in [4.69, 9.17) is 5.26 Å². The number of unbranched alkanes of at least 4 members (excludes halogenated alkanes) is 1. The van der Waals surface area contributed by atoms with Gasteiger partial charge in [0, 0.05) is 22.4 Å². The zero-order valence-corrected chi connectivity index (χ0v) is 13.2. The molecule has 1 atom stereocenters. The van der Waals surface area contributed by atoms with Gasteiger partial charge in [-0.2, -0.15) is 5.26 Å². The van der Waals surface area contributed by atoms with Gasteiger partial charge in [-0.15, -0.1) is 23.1 Å². The first-order valence-corrected chi connectivity index (χ1v) is 8.84. The maximum absolute atomic E-state index is 8.60. The van der Waals surface area contributed by atoms with Crippen LogP contribution in [0.5, 0.6) is 0 Å². The van der Waals surface area contributed by atoms with Crippen LogP contribution in [0.25, 0.3) is 10.2 Å². The molecule has 0 saturated carbocycles. The maximum atomic E-state index is 8.60. The van der Waals surface area contributed by atoms with Gasteiger partial charge in [-0.1, -0.05) is 6.92 Å². The number of nitriles is 1. The molecule has 1 aliphatic carbocycles. The molecule has 104 valence electrons. The predicted molar refractivity (Wildman–Crippen MR) is 84.2 cm³/mol. The third-order valence-corrected chi connectivity index (χ3v) is 5.97. The molecule has 3 nitrogen and oxygen atoms in total. The number of thioether (sulfide) groups is 1. The van der Waals surface area contributed by atoms with Gasteiger partial charge in [0.1, 0.15) is 16.2 Å². The topological polar surface area (TPSA) is 49.6 Å². The molecule has 2 aromatic rings. The summed E-state index contributed by atoms with van der Waals surface area (Å²) in [7, 11) is 0. The molecule has 0 N–H and O–H groups in total. The van der Waals surface area contributed by atoms with Gasteiger partial charge in [0.15, 0.2) is 0 Å². The van der Waals surface area contributed by atoms with Crippen LogP contribution in [-0.4, -0.2) is 15.7 Å². The molecule has 0 aromatic carbocycles. The second-order valence-corrected chi connectivity index (χ2v) is 7.49. The van der Waals surface area contributed by atoms with Gasteiger partial charge in [-0.05, 0) is 37.2 Å². The highest BCUT2D eigenvalue weighted by Gasteiger charge is 2.22. The number of aromatic nitrogens is 2. The first kappa shape index (κ1) is 13.8. The van der Waals surface area contributed by atoms with Crippen LogP contribution >= 0.6 is 23.1 Å². The Kier molecular flexibility index (Phi) is 4.23. The average molecular weight is 303 g/mol. The molecule has 2 aromatic heterocycles. The smallest absolute Gasteiger partial charge is 0.128 e. The minimum atomic E-state index is 0.625. The average Bonchev–Trinajstić information content (AvgIpc) is 2.81. The lowest BCUT2D eigenvalue weighted by atomic mass is 9.89. The van der Waals surface area contributed by atoms with Crippen molar-refractivity contribution in [2.45, 2.75) is 44.1 Å². The molecule has 0 unspecified atom stereocenters. The number of rotatable bonds is 4. The summed E-state index contributed by atoms with van der Waals surface area (Å²) in [6.45, 7) is 2.33. The Morgan fingerprint density at radius 1 is 1.50 bits per heavy atom. The Labute approximate surface area is 127 Å². The largest absolute Gasteiger partial charge is 0.229 e. The van der Waals surface area contributed by atoms with Crippen LogP contribution in [0.15, 0.2) is 11.4 Å². The monoisotopic (exact) mass is 303 g/mol. The van der Waals surface area contributed by atoms with Crippen molar-refractivity contribution in [1.82, 2.24) is 9.97 Å². The van der Waals surface area contributed by atoms with Crippen molar-refractivity contribution in [2.24, 2.45) is 5.92 Å². The molecule has 3 rings (SSSR count). The molecular formula is C15H17N3S2. The second kappa shape index (κ2) is 6.11. The zero-order valence-electron chi connectivity index (χ0n) is 11.6. The molecule has 0 radical (unpaired) electrons. The third-order valence-electron chi connectivity index (χ3n) is 3.73. The van der Waals surface area contributed by atoms with Crippen molar-refractivity contribution in [2.75, 3.05) is 5.75 Å². The van der Waals surface area contributed by atoms with Crippen molar-refractivity contribution in [1.29, 1.82) is 5.26 Å². The second-order valence-electron chi connectivity index (χ2n) is 5.32. The molecule has 0 amide bonds. The number of thiophene rings is 1. The summed E-state index contributed by atoms with van der Waals surface area (Å²) in [4.78, 5) is 11.6. The van der Waals surface area contributed by atoms with Crippen LogP contribution in [0.3, 0.4) is 0 Å². The van der Waals surface area contributed by atoms with E-state index in [0.717, 1.165) is 34.4 Å². The zero-order chi connectivity index (χ0) is 13.9. The summed E-state index contributed by atoms with van der Waals surface area (Å²) in [6.07, 6.45) is 6.85. The number of nitrogens with zero attached hydrogens (tertiary/aromatic N) is 3. The molecule has 0 spiro atoms. The van der Waals surface area contributed by atoms with Crippen molar-refractivity contribution < 1.29 is 0 Å². The fourth-order valence-electron chi connectivity index (χ4n) is 2.68. The van der Waals surface area contributed by atoms with Crippen LogP contribution in [0.1, 0.15) is 36.6 Å². The van der Waals surface area contributed by atoms with Crippen molar-refractivity contribution in [3.05, 3.63) is 16.8 Å². The lowest BCUT2D eigenvalue weighted by molar-refractivity contribution is 0.509. The van der Waals surface area contributed by atoms with E-state index in [1.54, 1.807) is 18.1 Å². The van der Waals surface area contributed by atoms with E-state index >= 15 is 0 Å². The van der Waals surface area contributed by atoms with Gasteiger partial charge >= 0.3 is 0 Å². The lowest BCUT2D eigenvalue weighted by Gasteiger charge is -2.18. The summed E-state index contributed by atoms with van der Waals surface area (Å²) >= 11 is 3.62. The SMILES string of the molecule is C[C@H]1CCc2c(sc3ncnc(SCCCC#N)c23)C1. The fourth-order valence-corrected chi connectivity index (χ4v) is 5.06. The van der Waals surface area contributed by atoms with E-state index in [0.29, 0.717) is 6.42 Å². The van der Waals surface area contributed by atoms with Gasteiger partial charge < -0.3 is 0 Å². The van der Waals surface area contributed by atoms with Crippen LogP contribution in [0.2, 0.25) is 0 Å². The Bertz CT molecular complexity index is 657. The molecule has 0 saturated heterocycles. The number of hydrogen-bond acceptors (Lipinski definition) is 5. The maximum Gasteiger partial charge on any atom is 0.128 e. The van der Waals surface area contributed by atoms with Crippen LogP contribution < -0.4 is 0 Å². The number of fused-ring (bicyclic) bond motifs is 3. The molecule has 2 heterocycles. The summed E-state index contributed by atoms with van der Waals surface area (Å²) in [5.41, 5.74) is 1.49. The Balaban J connectivity index is 1.91. The Hall–Kier alpha value is -1.12. The fraction of sp³-hybridized carbons (Fsp3) is 0.533. The Morgan fingerprint density at radius 2 is 2.40 bits per heavy atom. The van der Waals surface area contributed by atoms with E-state index < -0.39 is 0 Å².